The molecule has 0 saturated heterocycles. The summed E-state index contributed by atoms with van der Waals surface area (Å²) in [5.74, 6) is 0. The summed E-state index contributed by atoms with van der Waals surface area (Å²) in [6, 6.07) is 4.08. The van der Waals surface area contributed by atoms with Crippen LogP contribution in [0.3, 0.4) is 0 Å². The fourth-order valence-corrected chi connectivity index (χ4v) is 1.08. The first kappa shape index (κ1) is 8.46. The van der Waals surface area contributed by atoms with Gasteiger partial charge in [-0.15, -0.1) is 0 Å². The van der Waals surface area contributed by atoms with Gasteiger partial charge in [0.05, 0.1) is 0 Å². The molecule has 11 heavy (non-hydrogen) atoms. The summed E-state index contributed by atoms with van der Waals surface area (Å²) in [6.07, 6.45) is -2.44. The van der Waals surface area contributed by atoms with E-state index in [-0.39, 0.29) is 5.56 Å². The monoisotopic (exact) mass is 221 g/mol. The molecule has 0 aliphatic carbocycles. The Morgan fingerprint density at radius 1 is 1.36 bits per heavy atom. The third-order valence-electron chi connectivity index (χ3n) is 1.28. The number of rotatable bonds is 1. The fraction of sp³-hybridized carbons (Fsp3) is 0.143. The topological polar surface area (TPSA) is 26.0 Å². The summed E-state index contributed by atoms with van der Waals surface area (Å²) in [5.41, 5.74) is 5.84. The van der Waals surface area contributed by atoms with Crippen molar-refractivity contribution in [2.75, 3.05) is 5.73 Å². The van der Waals surface area contributed by atoms with Crippen LogP contribution in [0.4, 0.5) is 14.5 Å². The third-order valence-corrected chi connectivity index (χ3v) is 1.96. The maximum atomic E-state index is 12.0. The summed E-state index contributed by atoms with van der Waals surface area (Å²) in [5, 5.41) is 0. The normalized spacial score (nSPS) is 10.5. The second kappa shape index (κ2) is 3.17. The lowest BCUT2D eigenvalue weighted by Crippen LogP contribution is -1.89. The first-order chi connectivity index (χ1) is 5.11. The van der Waals surface area contributed by atoms with Gasteiger partial charge >= 0.3 is 0 Å². The highest BCUT2D eigenvalue weighted by Gasteiger charge is 2.07. The Labute approximate surface area is 71.3 Å². The SMILES string of the molecule is Nc1ccc(C(F)F)cc1Br. The van der Waals surface area contributed by atoms with Gasteiger partial charge in [0.2, 0.25) is 0 Å². The van der Waals surface area contributed by atoms with Crippen molar-refractivity contribution in [2.45, 2.75) is 6.43 Å². The van der Waals surface area contributed by atoms with Crippen molar-refractivity contribution in [3.63, 3.8) is 0 Å². The Bertz CT molecular complexity index is 263. The Morgan fingerprint density at radius 3 is 2.45 bits per heavy atom. The van der Waals surface area contributed by atoms with Gasteiger partial charge in [-0.2, -0.15) is 0 Å². The van der Waals surface area contributed by atoms with E-state index in [0.717, 1.165) is 0 Å². The van der Waals surface area contributed by atoms with Crippen molar-refractivity contribution in [3.05, 3.63) is 28.2 Å². The minimum atomic E-state index is -2.44. The second-order valence-electron chi connectivity index (χ2n) is 2.08. The molecule has 1 aromatic carbocycles. The van der Waals surface area contributed by atoms with Crippen LogP contribution in [-0.2, 0) is 0 Å². The molecule has 0 fully saturated rings. The Morgan fingerprint density at radius 2 is 2.00 bits per heavy atom. The number of benzene rings is 1. The Kier molecular flexibility index (Phi) is 2.44. The number of anilines is 1. The van der Waals surface area contributed by atoms with Gasteiger partial charge in [0.15, 0.2) is 0 Å². The predicted molar refractivity (Wildman–Crippen MR) is 43.5 cm³/mol. The van der Waals surface area contributed by atoms with Crippen LogP contribution < -0.4 is 5.73 Å². The van der Waals surface area contributed by atoms with E-state index in [1.54, 1.807) is 0 Å². The van der Waals surface area contributed by atoms with Gasteiger partial charge in [0.1, 0.15) is 0 Å². The smallest absolute Gasteiger partial charge is 0.263 e. The molecule has 0 aliphatic rings. The number of hydrogen-bond acceptors (Lipinski definition) is 1. The molecule has 0 amide bonds. The van der Waals surface area contributed by atoms with E-state index in [4.69, 9.17) is 5.73 Å². The van der Waals surface area contributed by atoms with Gasteiger partial charge in [0.25, 0.3) is 6.43 Å². The van der Waals surface area contributed by atoms with Crippen LogP contribution in [0.1, 0.15) is 12.0 Å². The molecule has 4 heteroatoms. The van der Waals surface area contributed by atoms with E-state index in [9.17, 15) is 8.78 Å². The van der Waals surface area contributed by atoms with Gasteiger partial charge < -0.3 is 5.73 Å². The average Bonchev–Trinajstić information content (AvgIpc) is 1.94. The molecule has 1 rings (SSSR count). The Balaban J connectivity index is 3.05. The number of nitrogen functional groups attached to an aromatic ring is 1. The number of nitrogens with two attached hydrogens (primary N) is 1. The molecule has 1 nitrogen and oxygen atoms in total. The van der Waals surface area contributed by atoms with Crippen LogP contribution in [0.2, 0.25) is 0 Å². The zero-order valence-electron chi connectivity index (χ0n) is 5.52. The maximum absolute atomic E-state index is 12.0. The summed E-state index contributed by atoms with van der Waals surface area (Å²) < 4.78 is 24.5. The standard InChI is InChI=1S/C7H6BrF2N/c8-5-3-4(7(9)10)1-2-6(5)11/h1-3,7H,11H2. The summed E-state index contributed by atoms with van der Waals surface area (Å²) >= 11 is 3.06. The quantitative estimate of drug-likeness (QED) is 0.726. The Hall–Kier alpha value is -0.640. The highest BCUT2D eigenvalue weighted by atomic mass is 79.9. The van der Waals surface area contributed by atoms with E-state index in [0.29, 0.717) is 10.2 Å². The van der Waals surface area contributed by atoms with E-state index in [2.05, 4.69) is 15.9 Å². The van der Waals surface area contributed by atoms with Crippen molar-refractivity contribution in [1.29, 1.82) is 0 Å². The molecule has 60 valence electrons. The third kappa shape index (κ3) is 1.89. The lowest BCUT2D eigenvalue weighted by Gasteiger charge is -2.01. The maximum Gasteiger partial charge on any atom is 0.263 e. The molecule has 0 atom stereocenters. The van der Waals surface area contributed by atoms with Gasteiger partial charge in [-0.25, -0.2) is 8.78 Å². The minimum absolute atomic E-state index is 0.0222. The van der Waals surface area contributed by atoms with Crippen LogP contribution in [0, 0.1) is 0 Å². The van der Waals surface area contributed by atoms with Gasteiger partial charge in [0, 0.05) is 15.7 Å². The van der Waals surface area contributed by atoms with E-state index >= 15 is 0 Å². The summed E-state index contributed by atoms with van der Waals surface area (Å²) in [4.78, 5) is 0. The zero-order chi connectivity index (χ0) is 8.43. The molecule has 0 unspecified atom stereocenters. The van der Waals surface area contributed by atoms with Gasteiger partial charge in [-0.3, -0.25) is 0 Å². The lowest BCUT2D eigenvalue weighted by molar-refractivity contribution is 0.151. The molecule has 0 aliphatic heterocycles. The van der Waals surface area contributed by atoms with Crippen molar-refractivity contribution >= 4 is 21.6 Å². The highest BCUT2D eigenvalue weighted by Crippen LogP contribution is 2.26. The van der Waals surface area contributed by atoms with E-state index in [1.165, 1.54) is 18.2 Å². The summed E-state index contributed by atoms with van der Waals surface area (Å²) in [6.45, 7) is 0. The minimum Gasteiger partial charge on any atom is -0.398 e. The predicted octanol–water partition coefficient (Wildman–Crippen LogP) is 2.97. The fourth-order valence-electron chi connectivity index (χ4n) is 0.679. The largest absolute Gasteiger partial charge is 0.398 e. The molecule has 2 N–H and O–H groups in total. The van der Waals surface area contributed by atoms with Crippen LogP contribution in [0.25, 0.3) is 0 Å². The molecule has 0 radical (unpaired) electrons. The van der Waals surface area contributed by atoms with Crippen LogP contribution in [-0.4, -0.2) is 0 Å². The van der Waals surface area contributed by atoms with Crippen molar-refractivity contribution in [1.82, 2.24) is 0 Å². The molecule has 0 spiro atoms. The molecule has 0 aromatic heterocycles. The van der Waals surface area contributed by atoms with Gasteiger partial charge in [-0.05, 0) is 28.1 Å². The van der Waals surface area contributed by atoms with Crippen molar-refractivity contribution < 1.29 is 8.78 Å². The second-order valence-corrected chi connectivity index (χ2v) is 2.94. The molecular formula is C7H6BrF2N. The van der Waals surface area contributed by atoms with Gasteiger partial charge in [-0.1, -0.05) is 6.07 Å². The highest BCUT2D eigenvalue weighted by molar-refractivity contribution is 9.10. The zero-order valence-corrected chi connectivity index (χ0v) is 7.11. The van der Waals surface area contributed by atoms with Crippen molar-refractivity contribution in [2.24, 2.45) is 0 Å². The van der Waals surface area contributed by atoms with Crippen LogP contribution in [0.5, 0.6) is 0 Å². The molecular weight excluding hydrogens is 216 g/mol. The lowest BCUT2D eigenvalue weighted by atomic mass is 10.2. The first-order valence-corrected chi connectivity index (χ1v) is 3.73. The first-order valence-electron chi connectivity index (χ1n) is 2.94. The van der Waals surface area contributed by atoms with Crippen molar-refractivity contribution in [3.8, 4) is 0 Å². The van der Waals surface area contributed by atoms with E-state index in [1.807, 2.05) is 0 Å². The number of halogens is 3. The molecule has 0 saturated carbocycles. The van der Waals surface area contributed by atoms with Crippen LogP contribution >= 0.6 is 15.9 Å². The summed E-state index contributed by atoms with van der Waals surface area (Å²) in [7, 11) is 0. The van der Waals surface area contributed by atoms with Crippen LogP contribution in [0.15, 0.2) is 22.7 Å². The number of hydrogen-bond donors (Lipinski definition) is 1. The van der Waals surface area contributed by atoms with E-state index < -0.39 is 6.43 Å². The average molecular weight is 222 g/mol. The molecule has 0 bridgehead atoms. The molecule has 1 aromatic rings. The number of alkyl halides is 2. The molecule has 0 heterocycles.